The summed E-state index contributed by atoms with van der Waals surface area (Å²) in [6.45, 7) is -1.76. The molecule has 0 aromatic heterocycles. The Morgan fingerprint density at radius 3 is 2.20 bits per heavy atom. The Labute approximate surface area is 84.9 Å². The summed E-state index contributed by atoms with van der Waals surface area (Å²) in [7, 11) is 0. The number of rotatable bonds is 3. The van der Waals surface area contributed by atoms with Gasteiger partial charge in [-0.05, 0) is 18.2 Å². The fourth-order valence-corrected chi connectivity index (χ4v) is 0.978. The van der Waals surface area contributed by atoms with Gasteiger partial charge in [0, 0.05) is 5.69 Å². The van der Waals surface area contributed by atoms with Gasteiger partial charge >= 0.3 is 6.98 Å². The van der Waals surface area contributed by atoms with E-state index in [4.69, 9.17) is 0 Å². The number of anilines is 1. The Morgan fingerprint density at radius 2 is 1.80 bits per heavy atom. The smallest absolute Gasteiger partial charge is 0.445 e. The molecule has 6 heteroatoms. The van der Waals surface area contributed by atoms with Crippen LogP contribution in [0.25, 0.3) is 0 Å². The van der Waals surface area contributed by atoms with Crippen LogP contribution in [0.4, 0.5) is 18.6 Å². The molecule has 0 saturated carbocycles. The normalized spacial score (nSPS) is 10.9. The lowest BCUT2D eigenvalue weighted by molar-refractivity contribution is -0.111. The molecule has 1 rings (SSSR count). The van der Waals surface area contributed by atoms with Crippen molar-refractivity contribution in [3.63, 3.8) is 0 Å². The maximum Gasteiger partial charge on any atom is 0.509 e. The van der Waals surface area contributed by atoms with E-state index in [1.807, 2.05) is 0 Å². The summed E-state index contributed by atoms with van der Waals surface area (Å²) >= 11 is 0. The third-order valence-electron chi connectivity index (χ3n) is 1.74. The molecule has 0 aliphatic heterocycles. The van der Waals surface area contributed by atoms with Crippen molar-refractivity contribution in [2.24, 2.45) is 0 Å². The third kappa shape index (κ3) is 3.16. The minimum absolute atomic E-state index is 0.309. The zero-order chi connectivity index (χ0) is 11.5. The van der Waals surface area contributed by atoms with E-state index in [-0.39, 0.29) is 0 Å². The van der Waals surface area contributed by atoms with E-state index in [0.29, 0.717) is 5.69 Å². The first-order chi connectivity index (χ1) is 6.93. The molecular formula is C9H8BF3NO-. The maximum atomic E-state index is 12.2. The highest BCUT2D eigenvalue weighted by atomic mass is 19.4. The molecule has 0 bridgehead atoms. The molecule has 0 heterocycles. The van der Waals surface area contributed by atoms with Crippen LogP contribution in [0.2, 0.25) is 0 Å². The number of carbonyl (C=O) groups is 1. The van der Waals surface area contributed by atoms with Crippen LogP contribution < -0.4 is 10.8 Å². The van der Waals surface area contributed by atoms with E-state index >= 15 is 0 Å². The lowest BCUT2D eigenvalue weighted by Crippen LogP contribution is -2.33. The monoisotopic (exact) mass is 214 g/mol. The van der Waals surface area contributed by atoms with E-state index in [1.165, 1.54) is 12.1 Å². The SMILES string of the molecule is C=CC(=O)Nc1ccc([B-](F)(F)F)cc1. The molecule has 1 amide bonds. The molecule has 0 fully saturated rings. The summed E-state index contributed by atoms with van der Waals surface area (Å²) in [4.78, 5) is 10.8. The Kier molecular flexibility index (Phi) is 3.19. The maximum absolute atomic E-state index is 12.2. The second-order valence-electron chi connectivity index (χ2n) is 2.89. The zero-order valence-corrected chi connectivity index (χ0v) is 7.71. The van der Waals surface area contributed by atoms with Gasteiger partial charge in [0.25, 0.3) is 0 Å². The standard InChI is InChI=1S/C9H8BF3NO/c1-2-9(15)14-8-5-3-7(4-6-8)10(11,12)13/h2-6H,1H2,(H,14,15)/q-1. The van der Waals surface area contributed by atoms with Crippen LogP contribution in [0.1, 0.15) is 0 Å². The summed E-state index contributed by atoms with van der Waals surface area (Å²) in [6.07, 6.45) is 1.04. The number of hydrogen-bond donors (Lipinski definition) is 1. The predicted octanol–water partition coefficient (Wildman–Crippen LogP) is 1.87. The van der Waals surface area contributed by atoms with Crippen molar-refractivity contribution in [3.8, 4) is 0 Å². The first-order valence-electron chi connectivity index (χ1n) is 4.17. The minimum Gasteiger partial charge on any atom is -0.445 e. The molecule has 0 saturated heterocycles. The molecule has 0 aliphatic carbocycles. The van der Waals surface area contributed by atoms with Crippen molar-refractivity contribution in [2.75, 3.05) is 5.32 Å². The summed E-state index contributed by atoms with van der Waals surface area (Å²) < 4.78 is 36.6. The van der Waals surface area contributed by atoms with Gasteiger partial charge in [-0.1, -0.05) is 18.7 Å². The third-order valence-corrected chi connectivity index (χ3v) is 1.74. The van der Waals surface area contributed by atoms with E-state index in [1.54, 1.807) is 0 Å². The van der Waals surface area contributed by atoms with Crippen molar-refractivity contribution in [1.82, 2.24) is 0 Å². The van der Waals surface area contributed by atoms with Gasteiger partial charge in [-0.15, -0.1) is 5.46 Å². The van der Waals surface area contributed by atoms with Gasteiger partial charge in [0.1, 0.15) is 0 Å². The first kappa shape index (κ1) is 11.4. The van der Waals surface area contributed by atoms with Crippen LogP contribution in [0, 0.1) is 0 Å². The molecule has 1 N–H and O–H groups in total. The lowest BCUT2D eigenvalue weighted by Gasteiger charge is -2.14. The molecule has 15 heavy (non-hydrogen) atoms. The van der Waals surface area contributed by atoms with E-state index in [0.717, 1.165) is 18.2 Å². The van der Waals surface area contributed by atoms with Crippen LogP contribution in [0.3, 0.4) is 0 Å². The summed E-state index contributed by atoms with van der Waals surface area (Å²) in [6, 6.07) is 4.26. The van der Waals surface area contributed by atoms with Gasteiger partial charge in [-0.3, -0.25) is 4.79 Å². The average molecular weight is 214 g/mol. The number of nitrogens with one attached hydrogen (secondary N) is 1. The van der Waals surface area contributed by atoms with E-state index < -0.39 is 18.3 Å². The van der Waals surface area contributed by atoms with Gasteiger partial charge in [0.15, 0.2) is 0 Å². The fraction of sp³-hybridized carbons (Fsp3) is 0. The summed E-state index contributed by atoms with van der Waals surface area (Å²) in [5, 5.41) is 2.35. The molecule has 0 unspecified atom stereocenters. The number of hydrogen-bond acceptors (Lipinski definition) is 1. The van der Waals surface area contributed by atoms with Crippen molar-refractivity contribution < 1.29 is 17.7 Å². The molecular weight excluding hydrogens is 206 g/mol. The van der Waals surface area contributed by atoms with Crippen LogP contribution in [0.15, 0.2) is 36.9 Å². The molecule has 1 aromatic rings. The van der Waals surface area contributed by atoms with Crippen LogP contribution in [-0.4, -0.2) is 12.9 Å². The van der Waals surface area contributed by atoms with Crippen molar-refractivity contribution in [3.05, 3.63) is 36.9 Å². The number of benzene rings is 1. The zero-order valence-electron chi connectivity index (χ0n) is 7.71. The highest BCUT2D eigenvalue weighted by Crippen LogP contribution is 2.11. The largest absolute Gasteiger partial charge is 0.509 e. The molecule has 80 valence electrons. The van der Waals surface area contributed by atoms with Crippen molar-refractivity contribution >= 4 is 24.0 Å². The van der Waals surface area contributed by atoms with Crippen molar-refractivity contribution in [2.45, 2.75) is 0 Å². The number of carbonyl (C=O) groups excluding carboxylic acids is 1. The van der Waals surface area contributed by atoms with Crippen LogP contribution in [0.5, 0.6) is 0 Å². The van der Waals surface area contributed by atoms with E-state index in [9.17, 15) is 17.7 Å². The summed E-state index contributed by atoms with van der Waals surface area (Å²) in [5.41, 5.74) is -0.379. The molecule has 1 aromatic carbocycles. The number of amides is 1. The second-order valence-corrected chi connectivity index (χ2v) is 2.89. The predicted molar refractivity (Wildman–Crippen MR) is 54.0 cm³/mol. The molecule has 0 aliphatic rings. The van der Waals surface area contributed by atoms with Gasteiger partial charge in [-0.2, -0.15) is 0 Å². The quantitative estimate of drug-likeness (QED) is 0.603. The number of halogens is 3. The van der Waals surface area contributed by atoms with Gasteiger partial charge in [0.05, 0.1) is 0 Å². The van der Waals surface area contributed by atoms with Crippen LogP contribution in [-0.2, 0) is 4.79 Å². The Hall–Kier alpha value is -1.72. The van der Waals surface area contributed by atoms with Crippen LogP contribution >= 0.6 is 0 Å². The van der Waals surface area contributed by atoms with E-state index in [2.05, 4.69) is 11.9 Å². The molecule has 2 nitrogen and oxygen atoms in total. The summed E-state index contributed by atoms with van der Waals surface area (Å²) in [5.74, 6) is -0.458. The molecule has 0 radical (unpaired) electrons. The molecule has 0 atom stereocenters. The van der Waals surface area contributed by atoms with Crippen molar-refractivity contribution in [1.29, 1.82) is 0 Å². The Morgan fingerprint density at radius 1 is 1.27 bits per heavy atom. The molecule has 0 spiro atoms. The van der Waals surface area contributed by atoms with Gasteiger partial charge in [0.2, 0.25) is 5.91 Å². The highest BCUT2D eigenvalue weighted by molar-refractivity contribution is 6.73. The van der Waals surface area contributed by atoms with Gasteiger partial charge < -0.3 is 18.3 Å². The average Bonchev–Trinajstić information content (AvgIpc) is 2.17. The first-order valence-corrected chi connectivity index (χ1v) is 4.17. The second kappa shape index (κ2) is 4.21. The van der Waals surface area contributed by atoms with Gasteiger partial charge in [-0.25, -0.2) is 0 Å². The minimum atomic E-state index is -4.98. The Balaban J connectivity index is 2.81. The topological polar surface area (TPSA) is 29.1 Å². The fourth-order valence-electron chi connectivity index (χ4n) is 0.978. The lowest BCUT2D eigenvalue weighted by atomic mass is 9.80. The Bertz CT molecular complexity index is 372. The highest BCUT2D eigenvalue weighted by Gasteiger charge is 2.24.